The number of nitrogens with one attached hydrogen (secondary N) is 1. The van der Waals surface area contributed by atoms with Crippen molar-refractivity contribution in [2.24, 2.45) is 0 Å². The zero-order valence-electron chi connectivity index (χ0n) is 22.6. The van der Waals surface area contributed by atoms with Gasteiger partial charge in [-0.3, -0.25) is 9.59 Å². The SMILES string of the molecule is CCCCCCn1c(-c2ccc(SC(C)(C)C(=O)O)cc2)nc(C(=O)Nc2ccc(OC)cc2C)c1C. The highest BCUT2D eigenvalue weighted by Crippen LogP contribution is 2.34. The summed E-state index contributed by atoms with van der Waals surface area (Å²) in [5.74, 6) is 0.357. The predicted molar refractivity (Wildman–Crippen MR) is 150 cm³/mol. The van der Waals surface area contributed by atoms with Gasteiger partial charge in [0.1, 0.15) is 22.0 Å². The molecular weight excluding hydrogens is 486 g/mol. The van der Waals surface area contributed by atoms with Crippen molar-refractivity contribution in [1.82, 2.24) is 9.55 Å². The first-order chi connectivity index (χ1) is 17.6. The minimum atomic E-state index is -0.930. The minimum absolute atomic E-state index is 0.255. The molecule has 0 bridgehead atoms. The number of carbonyl (C=O) groups is 2. The van der Waals surface area contributed by atoms with Crippen LogP contribution in [0, 0.1) is 13.8 Å². The van der Waals surface area contributed by atoms with Gasteiger partial charge < -0.3 is 19.7 Å². The standard InChI is InChI=1S/C29H37N3O4S/c1-7-8-9-10-17-32-20(3)25(27(33)30-24-16-13-22(36-6)18-19(24)2)31-26(32)21-11-14-23(15-12-21)37-29(4,5)28(34)35/h11-16,18H,7-10,17H2,1-6H3,(H,30,33)(H,34,35). The molecule has 2 aromatic carbocycles. The highest BCUT2D eigenvalue weighted by molar-refractivity contribution is 8.01. The van der Waals surface area contributed by atoms with Crippen LogP contribution in [0.3, 0.4) is 0 Å². The average Bonchev–Trinajstić information content (AvgIpc) is 3.19. The van der Waals surface area contributed by atoms with Crippen LogP contribution in [0.2, 0.25) is 0 Å². The topological polar surface area (TPSA) is 93.5 Å². The van der Waals surface area contributed by atoms with Gasteiger partial charge in [-0.25, -0.2) is 4.98 Å². The molecule has 2 N–H and O–H groups in total. The second-order valence-electron chi connectivity index (χ2n) is 9.66. The third-order valence-electron chi connectivity index (χ3n) is 6.35. The molecule has 0 saturated heterocycles. The van der Waals surface area contributed by atoms with Crippen molar-refractivity contribution in [3.8, 4) is 17.1 Å². The Morgan fingerprint density at radius 3 is 2.38 bits per heavy atom. The molecule has 1 amide bonds. The van der Waals surface area contributed by atoms with Crippen molar-refractivity contribution >= 4 is 29.3 Å². The summed E-state index contributed by atoms with van der Waals surface area (Å²) in [7, 11) is 1.61. The molecule has 198 valence electrons. The number of anilines is 1. The molecule has 37 heavy (non-hydrogen) atoms. The molecule has 0 fully saturated rings. The molecule has 1 heterocycles. The van der Waals surface area contributed by atoms with Crippen molar-refractivity contribution in [2.75, 3.05) is 12.4 Å². The summed E-state index contributed by atoms with van der Waals surface area (Å²) < 4.78 is 6.46. The number of unbranched alkanes of at least 4 members (excludes halogenated alkanes) is 3. The van der Waals surface area contributed by atoms with Gasteiger partial charge in [-0.1, -0.05) is 38.3 Å². The van der Waals surface area contributed by atoms with Crippen LogP contribution in [0.15, 0.2) is 47.4 Å². The number of carbonyl (C=O) groups excluding carboxylic acids is 1. The van der Waals surface area contributed by atoms with Gasteiger partial charge in [0.15, 0.2) is 0 Å². The fraction of sp³-hybridized carbons (Fsp3) is 0.414. The zero-order valence-corrected chi connectivity index (χ0v) is 23.4. The summed E-state index contributed by atoms with van der Waals surface area (Å²) in [4.78, 5) is 30.5. The Bertz CT molecular complexity index is 1250. The zero-order chi connectivity index (χ0) is 27.2. The molecule has 0 saturated carbocycles. The normalized spacial score (nSPS) is 11.4. The number of hydrogen-bond acceptors (Lipinski definition) is 5. The maximum Gasteiger partial charge on any atom is 0.319 e. The minimum Gasteiger partial charge on any atom is -0.497 e. The number of aryl methyl sites for hydroxylation is 1. The van der Waals surface area contributed by atoms with Crippen molar-refractivity contribution in [2.45, 2.75) is 76.5 Å². The van der Waals surface area contributed by atoms with Crippen LogP contribution < -0.4 is 10.1 Å². The molecule has 0 atom stereocenters. The largest absolute Gasteiger partial charge is 0.497 e. The molecular formula is C29H37N3O4S. The lowest BCUT2D eigenvalue weighted by Gasteiger charge is -2.18. The number of benzene rings is 2. The Kier molecular flexibility index (Phi) is 9.43. The second-order valence-corrected chi connectivity index (χ2v) is 11.4. The summed E-state index contributed by atoms with van der Waals surface area (Å²) >= 11 is 1.30. The van der Waals surface area contributed by atoms with E-state index in [1.54, 1.807) is 21.0 Å². The molecule has 1 aromatic heterocycles. The third-order valence-corrected chi connectivity index (χ3v) is 7.55. The average molecular weight is 524 g/mol. The van der Waals surface area contributed by atoms with Crippen molar-refractivity contribution < 1.29 is 19.4 Å². The molecule has 8 heteroatoms. The van der Waals surface area contributed by atoms with Crippen molar-refractivity contribution in [1.29, 1.82) is 0 Å². The van der Waals surface area contributed by atoms with E-state index in [9.17, 15) is 14.7 Å². The fourth-order valence-corrected chi connectivity index (χ4v) is 4.98. The number of carboxylic acid groups (broad SMARTS) is 1. The first-order valence-electron chi connectivity index (χ1n) is 12.6. The van der Waals surface area contributed by atoms with E-state index in [1.807, 2.05) is 56.3 Å². The van der Waals surface area contributed by atoms with Crippen LogP contribution in [0.5, 0.6) is 5.75 Å². The van der Waals surface area contributed by atoms with Gasteiger partial charge in [0, 0.05) is 28.4 Å². The van der Waals surface area contributed by atoms with Crippen molar-refractivity contribution in [3.05, 3.63) is 59.4 Å². The van der Waals surface area contributed by atoms with Crippen LogP contribution in [0.25, 0.3) is 11.4 Å². The Balaban J connectivity index is 1.92. The third kappa shape index (κ3) is 6.95. The van der Waals surface area contributed by atoms with Gasteiger partial charge in [0.05, 0.1) is 7.11 Å². The molecule has 0 spiro atoms. The van der Waals surface area contributed by atoms with E-state index in [1.165, 1.54) is 18.2 Å². The number of thioether (sulfide) groups is 1. The molecule has 7 nitrogen and oxygen atoms in total. The van der Waals surface area contributed by atoms with Crippen LogP contribution in [0.4, 0.5) is 5.69 Å². The molecule has 0 unspecified atom stereocenters. The fourth-order valence-electron chi connectivity index (χ4n) is 4.03. The van der Waals surface area contributed by atoms with Gasteiger partial charge in [0.25, 0.3) is 5.91 Å². The Hall–Kier alpha value is -3.26. The maximum absolute atomic E-state index is 13.3. The number of aromatic nitrogens is 2. The van der Waals surface area contributed by atoms with E-state index in [0.29, 0.717) is 11.4 Å². The first-order valence-corrected chi connectivity index (χ1v) is 13.4. The van der Waals surface area contributed by atoms with Gasteiger partial charge in [-0.2, -0.15) is 0 Å². The number of hydrogen-bond donors (Lipinski definition) is 2. The van der Waals surface area contributed by atoms with E-state index >= 15 is 0 Å². The number of amides is 1. The molecule has 0 aliphatic rings. The van der Waals surface area contributed by atoms with E-state index < -0.39 is 10.7 Å². The van der Waals surface area contributed by atoms with Crippen LogP contribution in [0.1, 0.15) is 68.2 Å². The molecule has 3 rings (SSSR count). The smallest absolute Gasteiger partial charge is 0.319 e. The lowest BCUT2D eigenvalue weighted by molar-refractivity contribution is -0.138. The highest BCUT2D eigenvalue weighted by Gasteiger charge is 2.28. The first kappa shape index (κ1) is 28.3. The Morgan fingerprint density at radius 1 is 1.08 bits per heavy atom. The monoisotopic (exact) mass is 523 g/mol. The van der Waals surface area contributed by atoms with Crippen LogP contribution in [-0.4, -0.2) is 38.4 Å². The number of imidazole rings is 1. The molecule has 3 aromatic rings. The predicted octanol–water partition coefficient (Wildman–Crippen LogP) is 6.96. The van der Waals surface area contributed by atoms with Gasteiger partial charge in [0.2, 0.25) is 0 Å². The summed E-state index contributed by atoms with van der Waals surface area (Å²) in [5.41, 5.74) is 3.72. The molecule has 0 aliphatic heterocycles. The van der Waals surface area contributed by atoms with Crippen molar-refractivity contribution in [3.63, 3.8) is 0 Å². The summed E-state index contributed by atoms with van der Waals surface area (Å²) in [6.07, 6.45) is 4.42. The number of methoxy groups -OCH3 is 1. The van der Waals surface area contributed by atoms with E-state index in [-0.39, 0.29) is 5.91 Å². The summed E-state index contributed by atoms with van der Waals surface area (Å²) in [5, 5.41) is 12.5. The number of rotatable bonds is 12. The van der Waals surface area contributed by atoms with Gasteiger partial charge in [-0.15, -0.1) is 11.8 Å². The lowest BCUT2D eigenvalue weighted by Crippen LogP contribution is -2.26. The quantitative estimate of drug-likeness (QED) is 0.197. The van der Waals surface area contributed by atoms with Crippen LogP contribution >= 0.6 is 11.8 Å². The number of nitrogens with zero attached hydrogens (tertiary/aromatic N) is 2. The number of ether oxygens (including phenoxy) is 1. The van der Waals surface area contributed by atoms with E-state index in [4.69, 9.17) is 9.72 Å². The van der Waals surface area contributed by atoms with Gasteiger partial charge in [-0.05, 0) is 70.0 Å². The highest BCUT2D eigenvalue weighted by atomic mass is 32.2. The Morgan fingerprint density at radius 2 is 1.78 bits per heavy atom. The van der Waals surface area contributed by atoms with Crippen LogP contribution in [-0.2, 0) is 11.3 Å². The van der Waals surface area contributed by atoms with Gasteiger partial charge >= 0.3 is 5.97 Å². The molecule has 0 aliphatic carbocycles. The number of carboxylic acids is 1. The summed E-state index contributed by atoms with van der Waals surface area (Å²) in [6.45, 7) is 10.2. The van der Waals surface area contributed by atoms with E-state index in [0.717, 1.165) is 59.1 Å². The maximum atomic E-state index is 13.3. The van der Waals surface area contributed by atoms with E-state index in [2.05, 4.69) is 16.8 Å². The number of aliphatic carboxylic acids is 1. The molecule has 0 radical (unpaired) electrons. The second kappa shape index (κ2) is 12.3. The lowest BCUT2D eigenvalue weighted by atomic mass is 10.2. The summed E-state index contributed by atoms with van der Waals surface area (Å²) in [6, 6.07) is 13.2. The Labute approximate surface area is 223 Å².